The molecule has 0 unspecified atom stereocenters. The van der Waals surface area contributed by atoms with Crippen LogP contribution in [0.5, 0.6) is 0 Å². The van der Waals surface area contributed by atoms with E-state index >= 15 is 0 Å². The van der Waals surface area contributed by atoms with Gasteiger partial charge in [-0.15, -0.1) is 5.10 Å². The number of rotatable bonds is 5. The minimum Gasteiger partial charge on any atom is -0.262 e. The Labute approximate surface area is 125 Å². The van der Waals surface area contributed by atoms with Crippen molar-refractivity contribution in [1.82, 2.24) is 30.4 Å². The molecule has 1 saturated carbocycles. The highest BCUT2D eigenvalue weighted by molar-refractivity contribution is 7.98. The van der Waals surface area contributed by atoms with Crippen LogP contribution < -0.4 is 0 Å². The van der Waals surface area contributed by atoms with Gasteiger partial charge in [0.2, 0.25) is 5.16 Å². The number of nitrogens with zero attached hydrogens (tertiary/aromatic N) is 4. The van der Waals surface area contributed by atoms with Gasteiger partial charge in [-0.1, -0.05) is 42.1 Å². The van der Waals surface area contributed by atoms with Crippen LogP contribution in [-0.4, -0.2) is 30.4 Å². The van der Waals surface area contributed by atoms with Gasteiger partial charge in [0.05, 0.1) is 5.75 Å². The summed E-state index contributed by atoms with van der Waals surface area (Å²) >= 11 is 1.55. The zero-order chi connectivity index (χ0) is 14.1. The highest BCUT2D eigenvalue weighted by atomic mass is 32.2. The van der Waals surface area contributed by atoms with E-state index in [0.29, 0.717) is 11.7 Å². The number of aromatic nitrogens is 6. The topological polar surface area (TPSA) is 83.1 Å². The first kappa shape index (κ1) is 12.6. The zero-order valence-electron chi connectivity index (χ0n) is 11.3. The minimum atomic E-state index is 0.577. The summed E-state index contributed by atoms with van der Waals surface area (Å²) in [6.07, 6.45) is 2.43. The first-order valence-electron chi connectivity index (χ1n) is 6.90. The Morgan fingerprint density at radius 3 is 2.71 bits per heavy atom. The summed E-state index contributed by atoms with van der Waals surface area (Å²) in [5, 5.41) is 15.1. The van der Waals surface area contributed by atoms with Crippen molar-refractivity contribution < 1.29 is 0 Å². The Kier molecular flexibility index (Phi) is 3.19. The van der Waals surface area contributed by atoms with Crippen molar-refractivity contribution in [2.75, 3.05) is 0 Å². The van der Waals surface area contributed by atoms with Crippen LogP contribution in [0.25, 0.3) is 11.4 Å². The molecule has 3 aromatic rings. The van der Waals surface area contributed by atoms with E-state index in [-0.39, 0.29) is 0 Å². The fourth-order valence-electron chi connectivity index (χ4n) is 2.07. The van der Waals surface area contributed by atoms with Gasteiger partial charge in [0.15, 0.2) is 11.6 Å². The average Bonchev–Trinajstić information content (AvgIpc) is 3.09. The minimum absolute atomic E-state index is 0.577. The lowest BCUT2D eigenvalue weighted by molar-refractivity contribution is 0.934. The van der Waals surface area contributed by atoms with Crippen LogP contribution in [0, 0.1) is 0 Å². The molecule has 2 N–H and O–H groups in total. The summed E-state index contributed by atoms with van der Waals surface area (Å²) in [7, 11) is 0. The second-order valence-electron chi connectivity index (χ2n) is 5.04. The number of nitrogens with one attached hydrogen (secondary N) is 2. The van der Waals surface area contributed by atoms with Crippen LogP contribution in [0.15, 0.2) is 35.5 Å². The van der Waals surface area contributed by atoms with Crippen molar-refractivity contribution in [3.8, 4) is 11.4 Å². The zero-order valence-corrected chi connectivity index (χ0v) is 12.1. The molecule has 2 heterocycles. The molecule has 0 saturated heterocycles. The lowest BCUT2D eigenvalue weighted by atomic mass is 10.2. The van der Waals surface area contributed by atoms with E-state index in [1.807, 2.05) is 30.3 Å². The van der Waals surface area contributed by atoms with Gasteiger partial charge in [-0.3, -0.25) is 10.2 Å². The molecule has 7 heteroatoms. The third-order valence-electron chi connectivity index (χ3n) is 3.34. The van der Waals surface area contributed by atoms with Gasteiger partial charge in [0.1, 0.15) is 5.82 Å². The summed E-state index contributed by atoms with van der Waals surface area (Å²) < 4.78 is 0. The Morgan fingerprint density at radius 1 is 1.05 bits per heavy atom. The smallest absolute Gasteiger partial charge is 0.209 e. The Bertz CT molecular complexity index is 731. The summed E-state index contributed by atoms with van der Waals surface area (Å²) in [4.78, 5) is 8.98. The van der Waals surface area contributed by atoms with Crippen molar-refractivity contribution in [1.29, 1.82) is 0 Å². The molecule has 4 rings (SSSR count). The standard InChI is InChI=1S/C14H14N6S/c1-2-4-9(5-3-1)13-16-14(20-19-13)21-8-11-15-12(18-17-11)10-6-7-10/h1-5,10H,6-8H2,(H,15,17,18)(H,16,19,20). The van der Waals surface area contributed by atoms with Gasteiger partial charge in [-0.05, 0) is 12.8 Å². The quantitative estimate of drug-likeness (QED) is 0.708. The van der Waals surface area contributed by atoms with Gasteiger partial charge in [0.25, 0.3) is 0 Å². The SMILES string of the molecule is c1ccc(-c2nc(SCc3nc(C4CC4)n[nH]3)n[nH]2)cc1. The third-order valence-corrected chi connectivity index (χ3v) is 4.20. The molecule has 0 amide bonds. The monoisotopic (exact) mass is 298 g/mol. The molecule has 0 spiro atoms. The van der Waals surface area contributed by atoms with Crippen molar-refractivity contribution in [3.63, 3.8) is 0 Å². The van der Waals surface area contributed by atoms with Crippen LogP contribution in [0.3, 0.4) is 0 Å². The number of benzene rings is 1. The molecule has 21 heavy (non-hydrogen) atoms. The summed E-state index contributed by atoms with van der Waals surface area (Å²) in [6, 6.07) is 9.97. The fourth-order valence-corrected chi connectivity index (χ4v) is 2.73. The molecule has 0 radical (unpaired) electrons. The molecule has 106 valence electrons. The normalized spacial score (nSPS) is 14.5. The van der Waals surface area contributed by atoms with E-state index in [2.05, 4.69) is 30.4 Å². The molecule has 1 aliphatic rings. The molecule has 0 bridgehead atoms. The van der Waals surface area contributed by atoms with E-state index in [9.17, 15) is 0 Å². The van der Waals surface area contributed by atoms with Crippen molar-refractivity contribution in [3.05, 3.63) is 42.0 Å². The molecular weight excluding hydrogens is 284 g/mol. The molecule has 2 aromatic heterocycles. The molecule has 6 nitrogen and oxygen atoms in total. The van der Waals surface area contributed by atoms with Gasteiger partial charge < -0.3 is 0 Å². The molecule has 1 fully saturated rings. The average molecular weight is 298 g/mol. The van der Waals surface area contributed by atoms with Crippen LogP contribution in [-0.2, 0) is 5.75 Å². The number of H-pyrrole nitrogens is 2. The van der Waals surface area contributed by atoms with Crippen LogP contribution in [0.1, 0.15) is 30.4 Å². The third kappa shape index (κ3) is 2.82. The highest BCUT2D eigenvalue weighted by Crippen LogP contribution is 2.37. The van der Waals surface area contributed by atoms with Crippen LogP contribution in [0.2, 0.25) is 0 Å². The predicted molar refractivity (Wildman–Crippen MR) is 79.7 cm³/mol. The number of hydrogen-bond acceptors (Lipinski definition) is 5. The summed E-state index contributed by atoms with van der Waals surface area (Å²) in [6.45, 7) is 0. The maximum atomic E-state index is 4.50. The Hall–Kier alpha value is -2.15. The van der Waals surface area contributed by atoms with E-state index in [4.69, 9.17) is 0 Å². The van der Waals surface area contributed by atoms with Gasteiger partial charge >= 0.3 is 0 Å². The number of hydrogen-bond donors (Lipinski definition) is 2. The molecule has 1 aromatic carbocycles. The first-order valence-corrected chi connectivity index (χ1v) is 7.89. The van der Waals surface area contributed by atoms with E-state index in [0.717, 1.165) is 28.2 Å². The van der Waals surface area contributed by atoms with Crippen LogP contribution in [0.4, 0.5) is 0 Å². The number of thioether (sulfide) groups is 1. The largest absolute Gasteiger partial charge is 0.262 e. The second-order valence-corrected chi connectivity index (χ2v) is 5.98. The highest BCUT2D eigenvalue weighted by Gasteiger charge is 2.27. The lowest BCUT2D eigenvalue weighted by Crippen LogP contribution is -1.86. The predicted octanol–water partition coefficient (Wildman–Crippen LogP) is 2.76. The first-order chi connectivity index (χ1) is 10.4. The van der Waals surface area contributed by atoms with Crippen molar-refractivity contribution in [2.24, 2.45) is 0 Å². The van der Waals surface area contributed by atoms with Gasteiger partial charge in [-0.25, -0.2) is 9.97 Å². The van der Waals surface area contributed by atoms with E-state index < -0.39 is 0 Å². The lowest BCUT2D eigenvalue weighted by Gasteiger charge is -1.93. The Balaban J connectivity index is 1.41. The van der Waals surface area contributed by atoms with Gasteiger partial charge in [0, 0.05) is 11.5 Å². The maximum Gasteiger partial charge on any atom is 0.209 e. The van der Waals surface area contributed by atoms with E-state index in [1.165, 1.54) is 12.8 Å². The molecule has 0 aliphatic heterocycles. The van der Waals surface area contributed by atoms with Crippen molar-refractivity contribution in [2.45, 2.75) is 29.7 Å². The molecule has 0 atom stereocenters. The van der Waals surface area contributed by atoms with Gasteiger partial charge in [-0.2, -0.15) is 5.10 Å². The maximum absolute atomic E-state index is 4.50. The summed E-state index contributed by atoms with van der Waals surface area (Å²) in [5.74, 6) is 3.90. The fraction of sp³-hybridized carbons (Fsp3) is 0.286. The molecular formula is C14H14N6S. The van der Waals surface area contributed by atoms with Crippen LogP contribution >= 0.6 is 11.8 Å². The Morgan fingerprint density at radius 2 is 1.90 bits per heavy atom. The second kappa shape index (κ2) is 5.33. The number of aromatic amines is 2. The molecule has 1 aliphatic carbocycles. The summed E-state index contributed by atoms with van der Waals surface area (Å²) in [5.41, 5.74) is 1.03. The van der Waals surface area contributed by atoms with E-state index in [1.54, 1.807) is 11.8 Å². The van der Waals surface area contributed by atoms with Crippen molar-refractivity contribution >= 4 is 11.8 Å².